The summed E-state index contributed by atoms with van der Waals surface area (Å²) in [5.74, 6) is -0.425. The van der Waals surface area contributed by atoms with Gasteiger partial charge in [-0.1, -0.05) is 23.7 Å². The molecule has 1 aliphatic heterocycles. The summed E-state index contributed by atoms with van der Waals surface area (Å²) in [4.78, 5) is 14.3. The number of nitrogens with zero attached hydrogens (tertiary/aromatic N) is 2. The van der Waals surface area contributed by atoms with E-state index in [4.69, 9.17) is 11.6 Å². The lowest BCUT2D eigenvalue weighted by atomic mass is 9.84. The van der Waals surface area contributed by atoms with Gasteiger partial charge in [-0.15, -0.1) is 0 Å². The number of aromatic nitrogens is 1. The van der Waals surface area contributed by atoms with Crippen LogP contribution in [0.25, 0.3) is 0 Å². The minimum absolute atomic E-state index is 0.0967. The number of halogens is 2. The number of aliphatic hydroxyl groups is 1. The van der Waals surface area contributed by atoms with Crippen LogP contribution in [0.3, 0.4) is 0 Å². The summed E-state index contributed by atoms with van der Waals surface area (Å²) in [6.45, 7) is 0.880. The summed E-state index contributed by atoms with van der Waals surface area (Å²) in [5.41, 5.74) is 0.200. The molecule has 0 atom stereocenters. The maximum absolute atomic E-state index is 13.0. The Kier molecular flexibility index (Phi) is 4.17. The van der Waals surface area contributed by atoms with Gasteiger partial charge in [0.2, 0.25) is 0 Å². The lowest BCUT2D eigenvalue weighted by molar-refractivity contribution is -0.0213. The van der Waals surface area contributed by atoms with E-state index >= 15 is 0 Å². The largest absolute Gasteiger partial charge is 0.385 e. The number of rotatable bonds is 2. The molecule has 6 heteroatoms. The van der Waals surface area contributed by atoms with E-state index in [1.165, 1.54) is 12.1 Å². The van der Waals surface area contributed by atoms with Crippen LogP contribution >= 0.6 is 11.6 Å². The molecule has 1 saturated heterocycles. The van der Waals surface area contributed by atoms with Gasteiger partial charge in [-0.25, -0.2) is 4.39 Å². The zero-order valence-corrected chi connectivity index (χ0v) is 13.6. The van der Waals surface area contributed by atoms with Crippen molar-refractivity contribution in [3.05, 3.63) is 58.6 Å². The first kappa shape index (κ1) is 16.0. The first-order valence-electron chi connectivity index (χ1n) is 7.49. The second-order valence-corrected chi connectivity index (χ2v) is 6.42. The van der Waals surface area contributed by atoms with Crippen molar-refractivity contribution >= 4 is 17.5 Å². The van der Waals surface area contributed by atoms with Crippen LogP contribution in [0, 0.1) is 5.82 Å². The van der Waals surface area contributed by atoms with E-state index in [-0.39, 0.29) is 11.7 Å². The fourth-order valence-corrected chi connectivity index (χ4v) is 3.28. The van der Waals surface area contributed by atoms with E-state index < -0.39 is 5.60 Å². The summed E-state index contributed by atoms with van der Waals surface area (Å²) in [6.07, 6.45) is 2.53. The van der Waals surface area contributed by atoms with Crippen molar-refractivity contribution in [3.63, 3.8) is 0 Å². The molecule has 122 valence electrons. The third kappa shape index (κ3) is 3.12. The third-order valence-electron chi connectivity index (χ3n) is 4.45. The molecule has 1 aliphatic rings. The van der Waals surface area contributed by atoms with Crippen molar-refractivity contribution in [1.82, 2.24) is 9.47 Å². The Labute approximate surface area is 139 Å². The Morgan fingerprint density at radius 2 is 1.87 bits per heavy atom. The topological polar surface area (TPSA) is 45.5 Å². The monoisotopic (exact) mass is 336 g/mol. The van der Waals surface area contributed by atoms with E-state index in [2.05, 4.69) is 0 Å². The summed E-state index contributed by atoms with van der Waals surface area (Å²) in [6, 6.07) is 7.53. The predicted octanol–water partition coefficient (Wildman–Crippen LogP) is 2.94. The van der Waals surface area contributed by atoms with Crippen molar-refractivity contribution in [2.24, 2.45) is 7.05 Å². The van der Waals surface area contributed by atoms with Gasteiger partial charge >= 0.3 is 0 Å². The Bertz CT molecular complexity index is 719. The normalized spacial score (nSPS) is 17.3. The third-order valence-corrected chi connectivity index (χ3v) is 4.66. The van der Waals surface area contributed by atoms with Crippen LogP contribution in [0.1, 0.15) is 28.9 Å². The highest BCUT2D eigenvalue weighted by atomic mass is 35.5. The number of aryl methyl sites for hydroxylation is 1. The maximum Gasteiger partial charge on any atom is 0.270 e. The number of hydrogen-bond donors (Lipinski definition) is 1. The molecule has 0 radical (unpaired) electrons. The van der Waals surface area contributed by atoms with Gasteiger partial charge in [-0.3, -0.25) is 4.79 Å². The fraction of sp³-hybridized carbons (Fsp3) is 0.353. The van der Waals surface area contributed by atoms with Crippen LogP contribution in [0.4, 0.5) is 4.39 Å². The Balaban J connectivity index is 1.71. The van der Waals surface area contributed by atoms with Crippen molar-refractivity contribution in [1.29, 1.82) is 0 Å². The number of hydrogen-bond acceptors (Lipinski definition) is 2. The van der Waals surface area contributed by atoms with Gasteiger partial charge in [-0.05, 0) is 36.6 Å². The van der Waals surface area contributed by atoms with E-state index in [9.17, 15) is 14.3 Å². The maximum atomic E-state index is 13.0. The molecule has 3 rings (SSSR count). The molecule has 1 amide bonds. The molecule has 2 heterocycles. The average molecular weight is 337 g/mol. The van der Waals surface area contributed by atoms with Crippen LogP contribution in [-0.4, -0.2) is 33.6 Å². The van der Waals surface area contributed by atoms with E-state index in [0.29, 0.717) is 42.2 Å². The first-order chi connectivity index (χ1) is 10.9. The number of benzene rings is 1. The average Bonchev–Trinajstić information content (AvgIpc) is 2.86. The molecule has 23 heavy (non-hydrogen) atoms. The standard InChI is InChI=1S/C17H18ClFN2O2/c1-20-11-13(18)10-15(20)16(22)21-8-6-17(23,7-9-21)12-2-4-14(19)5-3-12/h2-5,10-11,23H,6-9H2,1H3. The van der Waals surface area contributed by atoms with Gasteiger partial charge in [0, 0.05) is 26.3 Å². The minimum atomic E-state index is -1.02. The molecule has 0 aliphatic carbocycles. The summed E-state index contributed by atoms with van der Waals surface area (Å²) < 4.78 is 14.7. The van der Waals surface area contributed by atoms with Gasteiger partial charge in [0.05, 0.1) is 10.6 Å². The zero-order chi connectivity index (χ0) is 16.6. The van der Waals surface area contributed by atoms with Crippen LogP contribution in [0.15, 0.2) is 36.5 Å². The summed E-state index contributed by atoms with van der Waals surface area (Å²) in [7, 11) is 1.78. The molecule has 4 nitrogen and oxygen atoms in total. The molecule has 0 spiro atoms. The molecule has 0 saturated carbocycles. The number of piperidine rings is 1. The van der Waals surface area contributed by atoms with Crippen LogP contribution in [0.2, 0.25) is 5.02 Å². The first-order valence-corrected chi connectivity index (χ1v) is 7.86. The quantitative estimate of drug-likeness (QED) is 0.916. The molecular weight excluding hydrogens is 319 g/mol. The van der Waals surface area contributed by atoms with Crippen LogP contribution in [-0.2, 0) is 12.6 Å². The Hall–Kier alpha value is -1.85. The molecule has 0 bridgehead atoms. The molecule has 1 N–H and O–H groups in total. The number of amides is 1. The van der Waals surface area contributed by atoms with Gasteiger partial charge in [0.25, 0.3) is 5.91 Å². The van der Waals surface area contributed by atoms with Gasteiger partial charge in [0.15, 0.2) is 0 Å². The Morgan fingerprint density at radius 3 is 2.39 bits per heavy atom. The summed E-state index contributed by atoms with van der Waals surface area (Å²) >= 11 is 5.92. The van der Waals surface area contributed by atoms with Crippen molar-refractivity contribution in [2.75, 3.05) is 13.1 Å². The molecule has 2 aromatic rings. The van der Waals surface area contributed by atoms with E-state index in [1.54, 1.807) is 40.9 Å². The predicted molar refractivity (Wildman–Crippen MR) is 85.9 cm³/mol. The highest BCUT2D eigenvalue weighted by Crippen LogP contribution is 2.33. The fourth-order valence-electron chi connectivity index (χ4n) is 3.03. The lowest BCUT2D eigenvalue weighted by Gasteiger charge is -2.38. The number of likely N-dealkylation sites (tertiary alicyclic amines) is 1. The van der Waals surface area contributed by atoms with Gasteiger partial charge < -0.3 is 14.6 Å². The molecule has 1 fully saturated rings. The van der Waals surface area contributed by atoms with Crippen LogP contribution in [0.5, 0.6) is 0 Å². The van der Waals surface area contributed by atoms with E-state index in [0.717, 1.165) is 0 Å². The van der Waals surface area contributed by atoms with Crippen molar-refractivity contribution in [2.45, 2.75) is 18.4 Å². The van der Waals surface area contributed by atoms with Crippen LogP contribution < -0.4 is 0 Å². The SMILES string of the molecule is Cn1cc(Cl)cc1C(=O)N1CCC(O)(c2ccc(F)cc2)CC1. The number of carbonyl (C=O) groups excluding carboxylic acids is 1. The molecule has 1 aromatic heterocycles. The molecule has 1 aromatic carbocycles. The Morgan fingerprint density at radius 1 is 1.26 bits per heavy atom. The van der Waals surface area contributed by atoms with Gasteiger partial charge in [0.1, 0.15) is 11.5 Å². The highest BCUT2D eigenvalue weighted by molar-refractivity contribution is 6.31. The number of carbonyl (C=O) groups is 1. The zero-order valence-electron chi connectivity index (χ0n) is 12.8. The highest BCUT2D eigenvalue weighted by Gasteiger charge is 2.36. The second kappa shape index (κ2) is 5.98. The minimum Gasteiger partial charge on any atom is -0.385 e. The molecule has 0 unspecified atom stereocenters. The second-order valence-electron chi connectivity index (χ2n) is 5.99. The molecular formula is C17H18ClFN2O2. The van der Waals surface area contributed by atoms with Crippen molar-refractivity contribution in [3.8, 4) is 0 Å². The van der Waals surface area contributed by atoms with E-state index in [1.807, 2.05) is 0 Å². The smallest absolute Gasteiger partial charge is 0.270 e. The van der Waals surface area contributed by atoms with Gasteiger partial charge in [-0.2, -0.15) is 0 Å². The van der Waals surface area contributed by atoms with Crippen molar-refractivity contribution < 1.29 is 14.3 Å². The summed E-state index contributed by atoms with van der Waals surface area (Å²) in [5, 5.41) is 11.3. The lowest BCUT2D eigenvalue weighted by Crippen LogP contribution is -2.45.